The predicted octanol–water partition coefficient (Wildman–Crippen LogP) is 4.19. The molecule has 0 aromatic heterocycles. The maximum absolute atomic E-state index is 13.8. The van der Waals surface area contributed by atoms with E-state index in [-0.39, 0.29) is 18.2 Å². The first-order valence-corrected chi connectivity index (χ1v) is 9.68. The molecule has 29 heavy (non-hydrogen) atoms. The maximum atomic E-state index is 13.8. The van der Waals surface area contributed by atoms with Gasteiger partial charge in [-0.2, -0.15) is 0 Å². The number of carbonyl (C=O) groups is 2. The highest BCUT2D eigenvalue weighted by Gasteiger charge is 2.29. The summed E-state index contributed by atoms with van der Waals surface area (Å²) in [5.74, 6) is -1.34. The lowest BCUT2D eigenvalue weighted by atomic mass is 10.1. The van der Waals surface area contributed by atoms with Crippen LogP contribution in [-0.2, 0) is 16.1 Å². The summed E-state index contributed by atoms with van der Waals surface area (Å²) >= 11 is 6.24. The van der Waals surface area contributed by atoms with Crippen LogP contribution < -0.4 is 10.1 Å². The second-order valence-electron chi connectivity index (χ2n) is 7.75. The molecule has 7 heteroatoms. The summed E-state index contributed by atoms with van der Waals surface area (Å²) < 4.78 is 19.1. The highest BCUT2D eigenvalue weighted by molar-refractivity contribution is 6.31. The number of carbonyl (C=O) groups excluding carboxylic acids is 2. The molecular formula is C22H26ClFN2O3. The highest BCUT2D eigenvalue weighted by Crippen LogP contribution is 2.20. The summed E-state index contributed by atoms with van der Waals surface area (Å²) in [6.07, 6.45) is 0. The number of para-hydroxylation sites is 1. The Balaban J connectivity index is 2.20. The summed E-state index contributed by atoms with van der Waals surface area (Å²) in [5.41, 5.74) is 0.248. The number of ether oxygens (including phenoxy) is 1. The molecule has 0 saturated heterocycles. The quantitative estimate of drug-likeness (QED) is 0.730. The Kier molecular flexibility index (Phi) is 7.62. The van der Waals surface area contributed by atoms with E-state index in [1.165, 1.54) is 23.1 Å². The summed E-state index contributed by atoms with van der Waals surface area (Å²) in [7, 11) is 0. The molecule has 0 spiro atoms. The maximum Gasteiger partial charge on any atom is 0.261 e. The zero-order valence-electron chi connectivity index (χ0n) is 17.0. The Morgan fingerprint density at radius 3 is 2.38 bits per heavy atom. The van der Waals surface area contributed by atoms with Crippen LogP contribution in [0.2, 0.25) is 5.02 Å². The molecule has 0 unspecified atom stereocenters. The van der Waals surface area contributed by atoms with Crippen molar-refractivity contribution < 1.29 is 18.7 Å². The molecule has 0 aliphatic carbocycles. The van der Waals surface area contributed by atoms with Crippen molar-refractivity contribution in [2.24, 2.45) is 0 Å². The van der Waals surface area contributed by atoms with Crippen molar-refractivity contribution in [3.05, 3.63) is 64.9 Å². The van der Waals surface area contributed by atoms with Crippen molar-refractivity contribution in [2.45, 2.75) is 45.8 Å². The second-order valence-corrected chi connectivity index (χ2v) is 8.15. The fourth-order valence-corrected chi connectivity index (χ4v) is 2.85. The van der Waals surface area contributed by atoms with Gasteiger partial charge in [0.15, 0.2) is 18.2 Å². The molecule has 0 heterocycles. The van der Waals surface area contributed by atoms with Crippen molar-refractivity contribution in [1.82, 2.24) is 10.2 Å². The van der Waals surface area contributed by atoms with Gasteiger partial charge in [0.1, 0.15) is 6.04 Å². The molecule has 2 rings (SSSR count). The topological polar surface area (TPSA) is 58.6 Å². The first-order valence-electron chi connectivity index (χ1n) is 9.30. The van der Waals surface area contributed by atoms with Gasteiger partial charge in [-0.1, -0.05) is 41.9 Å². The third kappa shape index (κ3) is 6.75. The molecular weight excluding hydrogens is 395 g/mol. The number of halogens is 2. The standard InChI is InChI=1S/C22H26ClFN2O3/c1-15(21(28)25-22(2,3)4)26(13-16-9-5-6-10-17(16)23)20(27)14-29-19-12-8-7-11-18(19)24/h5-12,15H,13-14H2,1-4H3,(H,25,28)/t15-/m0/s1. The highest BCUT2D eigenvalue weighted by atomic mass is 35.5. The molecule has 2 amide bonds. The van der Waals surface area contributed by atoms with Gasteiger partial charge in [-0.3, -0.25) is 9.59 Å². The minimum atomic E-state index is -0.776. The number of hydrogen-bond donors (Lipinski definition) is 1. The largest absolute Gasteiger partial charge is 0.481 e. The summed E-state index contributed by atoms with van der Waals surface area (Å²) in [4.78, 5) is 27.0. The number of nitrogens with one attached hydrogen (secondary N) is 1. The fourth-order valence-electron chi connectivity index (χ4n) is 2.65. The lowest BCUT2D eigenvalue weighted by Gasteiger charge is -2.31. The molecule has 0 radical (unpaired) electrons. The fraction of sp³-hybridized carbons (Fsp3) is 0.364. The lowest BCUT2D eigenvalue weighted by molar-refractivity contribution is -0.142. The normalized spacial score (nSPS) is 12.2. The van der Waals surface area contributed by atoms with Crippen molar-refractivity contribution in [2.75, 3.05) is 6.61 Å². The molecule has 5 nitrogen and oxygen atoms in total. The number of hydrogen-bond acceptors (Lipinski definition) is 3. The Hall–Kier alpha value is -2.60. The third-order valence-corrected chi connectivity index (χ3v) is 4.52. The molecule has 0 fully saturated rings. The summed E-state index contributed by atoms with van der Waals surface area (Å²) in [6, 6.07) is 12.2. The van der Waals surface area contributed by atoms with E-state index in [0.717, 1.165) is 0 Å². The molecule has 2 aromatic rings. The van der Waals surface area contributed by atoms with Gasteiger partial charge < -0.3 is 15.0 Å². The average molecular weight is 421 g/mol. The van der Waals surface area contributed by atoms with Crippen molar-refractivity contribution >= 4 is 23.4 Å². The van der Waals surface area contributed by atoms with Crippen LogP contribution in [0.1, 0.15) is 33.3 Å². The van der Waals surface area contributed by atoms with Crippen LogP contribution >= 0.6 is 11.6 Å². The van der Waals surface area contributed by atoms with Crippen LogP contribution in [0.25, 0.3) is 0 Å². The van der Waals surface area contributed by atoms with E-state index in [1.807, 2.05) is 20.8 Å². The van der Waals surface area contributed by atoms with Gasteiger partial charge >= 0.3 is 0 Å². The van der Waals surface area contributed by atoms with Gasteiger partial charge in [0.2, 0.25) is 5.91 Å². The van der Waals surface area contributed by atoms with Gasteiger partial charge in [-0.05, 0) is 51.5 Å². The molecule has 0 bridgehead atoms. The van der Waals surface area contributed by atoms with Crippen molar-refractivity contribution in [3.8, 4) is 5.75 Å². The lowest BCUT2D eigenvalue weighted by Crippen LogP contribution is -2.53. The van der Waals surface area contributed by atoms with E-state index in [9.17, 15) is 14.0 Å². The molecule has 1 N–H and O–H groups in total. The zero-order valence-corrected chi connectivity index (χ0v) is 17.8. The van der Waals surface area contributed by atoms with E-state index >= 15 is 0 Å². The van der Waals surface area contributed by atoms with E-state index in [2.05, 4.69) is 5.32 Å². The Morgan fingerprint density at radius 1 is 1.14 bits per heavy atom. The van der Waals surface area contributed by atoms with Gasteiger partial charge in [0.05, 0.1) is 0 Å². The third-order valence-electron chi connectivity index (χ3n) is 4.15. The Morgan fingerprint density at radius 2 is 1.76 bits per heavy atom. The molecule has 156 valence electrons. The zero-order chi connectivity index (χ0) is 21.6. The molecule has 0 aliphatic heterocycles. The average Bonchev–Trinajstić information content (AvgIpc) is 2.64. The van der Waals surface area contributed by atoms with Gasteiger partial charge in [-0.25, -0.2) is 4.39 Å². The van der Waals surface area contributed by atoms with E-state index in [1.54, 1.807) is 37.3 Å². The predicted molar refractivity (Wildman–Crippen MR) is 111 cm³/mol. The van der Waals surface area contributed by atoms with Gasteiger partial charge in [-0.15, -0.1) is 0 Å². The van der Waals surface area contributed by atoms with Gasteiger partial charge in [0, 0.05) is 17.1 Å². The van der Waals surface area contributed by atoms with Crippen LogP contribution in [0.15, 0.2) is 48.5 Å². The van der Waals surface area contributed by atoms with Crippen LogP contribution in [0.5, 0.6) is 5.75 Å². The first-order chi connectivity index (χ1) is 13.6. The van der Waals surface area contributed by atoms with Crippen LogP contribution in [0.3, 0.4) is 0 Å². The molecule has 0 saturated carbocycles. The van der Waals surface area contributed by atoms with Crippen molar-refractivity contribution in [3.63, 3.8) is 0 Å². The molecule has 0 aliphatic rings. The molecule has 1 atom stereocenters. The Labute approximate surface area is 175 Å². The number of rotatable bonds is 7. The minimum absolute atomic E-state index is 0.0228. The van der Waals surface area contributed by atoms with Crippen LogP contribution in [-0.4, -0.2) is 34.9 Å². The van der Waals surface area contributed by atoms with E-state index in [0.29, 0.717) is 10.6 Å². The number of nitrogens with zero attached hydrogens (tertiary/aromatic N) is 1. The Bertz CT molecular complexity index is 867. The van der Waals surface area contributed by atoms with E-state index < -0.39 is 29.9 Å². The summed E-state index contributed by atoms with van der Waals surface area (Å²) in [6.45, 7) is 6.94. The van der Waals surface area contributed by atoms with Crippen LogP contribution in [0.4, 0.5) is 4.39 Å². The van der Waals surface area contributed by atoms with Crippen LogP contribution in [0, 0.1) is 5.82 Å². The van der Waals surface area contributed by atoms with Gasteiger partial charge in [0.25, 0.3) is 5.91 Å². The van der Waals surface area contributed by atoms with E-state index in [4.69, 9.17) is 16.3 Å². The first kappa shape index (κ1) is 22.7. The molecule has 2 aromatic carbocycles. The monoisotopic (exact) mass is 420 g/mol. The number of amides is 2. The number of benzene rings is 2. The minimum Gasteiger partial charge on any atom is -0.481 e. The SMILES string of the molecule is C[C@@H](C(=O)NC(C)(C)C)N(Cc1ccccc1Cl)C(=O)COc1ccccc1F. The summed E-state index contributed by atoms with van der Waals surface area (Å²) in [5, 5.41) is 3.36. The smallest absolute Gasteiger partial charge is 0.261 e. The second kappa shape index (κ2) is 9.74. The van der Waals surface area contributed by atoms with Crippen molar-refractivity contribution in [1.29, 1.82) is 0 Å².